The standard InChI is InChI=1S/C19H31FN4O/c1-3-21-19(23-14-16-5-6-18(20)15(2)13-16)22-9-4-10-24-11-7-17(25)8-12-24/h5-6,13,17,25H,3-4,7-12,14H2,1-2H3,(H2,21,22,23). The van der Waals surface area contributed by atoms with Crippen molar-refractivity contribution in [3.63, 3.8) is 0 Å². The number of halogens is 1. The van der Waals surface area contributed by atoms with Gasteiger partial charge in [-0.05, 0) is 56.8 Å². The molecule has 1 aromatic carbocycles. The normalized spacial score (nSPS) is 16.9. The third-order valence-corrected chi connectivity index (χ3v) is 4.49. The molecular weight excluding hydrogens is 319 g/mol. The first kappa shape index (κ1) is 19.7. The number of nitrogens with zero attached hydrogens (tertiary/aromatic N) is 2. The monoisotopic (exact) mass is 350 g/mol. The van der Waals surface area contributed by atoms with Gasteiger partial charge in [0.25, 0.3) is 0 Å². The molecule has 0 aliphatic carbocycles. The lowest BCUT2D eigenvalue weighted by atomic mass is 10.1. The summed E-state index contributed by atoms with van der Waals surface area (Å²) in [5.74, 6) is 0.613. The molecule has 0 bridgehead atoms. The molecule has 0 spiro atoms. The molecule has 0 unspecified atom stereocenters. The second kappa shape index (κ2) is 10.4. The van der Waals surface area contributed by atoms with Crippen LogP contribution in [0.4, 0.5) is 4.39 Å². The van der Waals surface area contributed by atoms with Crippen LogP contribution in [0.2, 0.25) is 0 Å². The van der Waals surface area contributed by atoms with E-state index in [9.17, 15) is 9.50 Å². The number of likely N-dealkylation sites (tertiary alicyclic amines) is 1. The van der Waals surface area contributed by atoms with E-state index >= 15 is 0 Å². The zero-order chi connectivity index (χ0) is 18.1. The minimum absolute atomic E-state index is 0.114. The molecule has 3 N–H and O–H groups in total. The fourth-order valence-corrected chi connectivity index (χ4v) is 2.97. The highest BCUT2D eigenvalue weighted by Gasteiger charge is 2.15. The molecule has 1 aliphatic heterocycles. The van der Waals surface area contributed by atoms with Crippen molar-refractivity contribution in [3.05, 3.63) is 35.1 Å². The molecule has 1 fully saturated rings. The van der Waals surface area contributed by atoms with E-state index in [0.717, 1.165) is 63.5 Å². The van der Waals surface area contributed by atoms with Crippen molar-refractivity contribution < 1.29 is 9.50 Å². The highest BCUT2D eigenvalue weighted by atomic mass is 19.1. The van der Waals surface area contributed by atoms with Gasteiger partial charge in [-0.2, -0.15) is 0 Å². The lowest BCUT2D eigenvalue weighted by Gasteiger charge is -2.29. The second-order valence-electron chi connectivity index (χ2n) is 6.63. The SMILES string of the molecule is CCNC(=NCc1ccc(F)c(C)c1)NCCCN1CCC(O)CC1. The number of rotatable bonds is 7. The molecule has 6 heteroatoms. The van der Waals surface area contributed by atoms with E-state index in [1.165, 1.54) is 6.07 Å². The third-order valence-electron chi connectivity index (χ3n) is 4.49. The maximum atomic E-state index is 13.3. The lowest BCUT2D eigenvalue weighted by molar-refractivity contribution is 0.0823. The van der Waals surface area contributed by atoms with Crippen molar-refractivity contribution in [2.45, 2.75) is 45.8 Å². The summed E-state index contributed by atoms with van der Waals surface area (Å²) in [5, 5.41) is 16.1. The van der Waals surface area contributed by atoms with E-state index < -0.39 is 0 Å². The van der Waals surface area contributed by atoms with Crippen LogP contribution in [0.15, 0.2) is 23.2 Å². The topological polar surface area (TPSA) is 59.9 Å². The van der Waals surface area contributed by atoms with E-state index in [1.54, 1.807) is 13.0 Å². The van der Waals surface area contributed by atoms with Crippen molar-refractivity contribution in [3.8, 4) is 0 Å². The zero-order valence-electron chi connectivity index (χ0n) is 15.4. The van der Waals surface area contributed by atoms with Crippen LogP contribution in [0.5, 0.6) is 0 Å². The molecule has 2 rings (SSSR count). The molecule has 0 amide bonds. The highest BCUT2D eigenvalue weighted by Crippen LogP contribution is 2.10. The van der Waals surface area contributed by atoms with Gasteiger partial charge in [-0.3, -0.25) is 0 Å². The summed E-state index contributed by atoms with van der Waals surface area (Å²) >= 11 is 0. The van der Waals surface area contributed by atoms with E-state index in [4.69, 9.17) is 0 Å². The summed E-state index contributed by atoms with van der Waals surface area (Å²) in [7, 11) is 0. The average Bonchev–Trinajstić information content (AvgIpc) is 2.61. The summed E-state index contributed by atoms with van der Waals surface area (Å²) < 4.78 is 13.3. The Morgan fingerprint density at radius 1 is 1.32 bits per heavy atom. The molecule has 0 atom stereocenters. The Bertz CT molecular complexity index is 556. The minimum Gasteiger partial charge on any atom is -0.393 e. The Morgan fingerprint density at radius 3 is 2.76 bits per heavy atom. The smallest absolute Gasteiger partial charge is 0.191 e. The minimum atomic E-state index is -0.178. The molecule has 1 aliphatic rings. The Labute approximate surface area is 150 Å². The van der Waals surface area contributed by atoms with Gasteiger partial charge in [-0.25, -0.2) is 9.38 Å². The molecule has 1 saturated heterocycles. The molecule has 0 saturated carbocycles. The predicted molar refractivity (Wildman–Crippen MR) is 100 cm³/mol. The number of piperidine rings is 1. The highest BCUT2D eigenvalue weighted by molar-refractivity contribution is 5.79. The van der Waals surface area contributed by atoms with Crippen LogP contribution in [0.25, 0.3) is 0 Å². The maximum absolute atomic E-state index is 13.3. The number of nitrogens with one attached hydrogen (secondary N) is 2. The van der Waals surface area contributed by atoms with Crippen molar-refractivity contribution in [1.29, 1.82) is 0 Å². The maximum Gasteiger partial charge on any atom is 0.191 e. The first-order chi connectivity index (χ1) is 12.1. The van der Waals surface area contributed by atoms with Crippen molar-refractivity contribution in [2.24, 2.45) is 4.99 Å². The van der Waals surface area contributed by atoms with E-state index in [1.807, 2.05) is 13.0 Å². The Hall–Kier alpha value is -1.66. The second-order valence-corrected chi connectivity index (χ2v) is 6.63. The number of aliphatic hydroxyl groups is 1. The van der Waals surface area contributed by atoms with Crippen molar-refractivity contribution in [2.75, 3.05) is 32.7 Å². The van der Waals surface area contributed by atoms with E-state index in [-0.39, 0.29) is 11.9 Å². The van der Waals surface area contributed by atoms with Crippen molar-refractivity contribution in [1.82, 2.24) is 15.5 Å². The van der Waals surface area contributed by atoms with Gasteiger partial charge in [0.1, 0.15) is 5.82 Å². The number of hydrogen-bond donors (Lipinski definition) is 3. The van der Waals surface area contributed by atoms with Crippen LogP contribution in [-0.4, -0.2) is 54.8 Å². The van der Waals surface area contributed by atoms with Gasteiger partial charge in [0.2, 0.25) is 0 Å². The summed E-state index contributed by atoms with van der Waals surface area (Å²) in [6, 6.07) is 5.11. The Kier molecular flexibility index (Phi) is 8.15. The number of guanidine groups is 1. The summed E-state index contributed by atoms with van der Waals surface area (Å²) in [5.41, 5.74) is 1.65. The van der Waals surface area contributed by atoms with Crippen LogP contribution in [0, 0.1) is 12.7 Å². The number of benzene rings is 1. The fourth-order valence-electron chi connectivity index (χ4n) is 2.97. The molecule has 5 nitrogen and oxygen atoms in total. The Balaban J connectivity index is 1.74. The summed E-state index contributed by atoms with van der Waals surface area (Å²) in [4.78, 5) is 6.98. The van der Waals surface area contributed by atoms with Gasteiger partial charge >= 0.3 is 0 Å². The summed E-state index contributed by atoms with van der Waals surface area (Å²) in [6.45, 7) is 9.00. The van der Waals surface area contributed by atoms with Crippen LogP contribution in [0.1, 0.15) is 37.3 Å². The quantitative estimate of drug-likeness (QED) is 0.400. The van der Waals surface area contributed by atoms with Crippen molar-refractivity contribution >= 4 is 5.96 Å². The van der Waals surface area contributed by atoms with Crippen LogP contribution >= 0.6 is 0 Å². The molecule has 25 heavy (non-hydrogen) atoms. The molecule has 1 heterocycles. The zero-order valence-corrected chi connectivity index (χ0v) is 15.4. The largest absolute Gasteiger partial charge is 0.393 e. The first-order valence-electron chi connectivity index (χ1n) is 9.26. The van der Waals surface area contributed by atoms with Gasteiger partial charge in [0.05, 0.1) is 12.6 Å². The predicted octanol–water partition coefficient (Wildman–Crippen LogP) is 2.04. The third kappa shape index (κ3) is 7.00. The van der Waals surface area contributed by atoms with Gasteiger partial charge in [-0.1, -0.05) is 12.1 Å². The molecule has 0 radical (unpaired) electrons. The van der Waals surface area contributed by atoms with Crippen LogP contribution < -0.4 is 10.6 Å². The average molecular weight is 350 g/mol. The molecular formula is C19H31FN4O. The van der Waals surface area contributed by atoms with E-state index in [0.29, 0.717) is 12.1 Å². The van der Waals surface area contributed by atoms with Crippen LogP contribution in [-0.2, 0) is 6.54 Å². The molecule has 1 aromatic rings. The Morgan fingerprint density at radius 2 is 2.08 bits per heavy atom. The molecule has 140 valence electrons. The number of hydrogen-bond acceptors (Lipinski definition) is 3. The van der Waals surface area contributed by atoms with Gasteiger partial charge in [0.15, 0.2) is 5.96 Å². The first-order valence-corrected chi connectivity index (χ1v) is 9.26. The molecule has 0 aromatic heterocycles. The van der Waals surface area contributed by atoms with Crippen LogP contribution in [0.3, 0.4) is 0 Å². The van der Waals surface area contributed by atoms with Gasteiger partial charge < -0.3 is 20.6 Å². The number of aryl methyl sites for hydroxylation is 1. The number of aliphatic hydroxyl groups excluding tert-OH is 1. The van der Waals surface area contributed by atoms with E-state index in [2.05, 4.69) is 20.5 Å². The fraction of sp³-hybridized carbons (Fsp3) is 0.632. The lowest BCUT2D eigenvalue weighted by Crippen LogP contribution is -2.40. The van der Waals surface area contributed by atoms with Gasteiger partial charge in [-0.15, -0.1) is 0 Å². The summed E-state index contributed by atoms with van der Waals surface area (Å²) in [6.07, 6.45) is 2.69. The van der Waals surface area contributed by atoms with Gasteiger partial charge in [0, 0.05) is 26.2 Å². The number of aliphatic imine (C=N–C) groups is 1.